The molecule has 0 aromatic heterocycles. The molecule has 0 heterocycles. The van der Waals surface area contributed by atoms with Gasteiger partial charge in [0.2, 0.25) is 5.91 Å². The molecule has 1 aliphatic carbocycles. The van der Waals surface area contributed by atoms with E-state index in [-0.39, 0.29) is 18.4 Å². The van der Waals surface area contributed by atoms with E-state index in [1.54, 1.807) is 13.8 Å². The molecular weight excluding hydrogens is 412 g/mol. The van der Waals surface area contributed by atoms with Crippen molar-refractivity contribution >= 4 is 18.0 Å². The largest absolute Gasteiger partial charge is 0.479 e. The van der Waals surface area contributed by atoms with Gasteiger partial charge in [0.25, 0.3) is 0 Å². The number of aliphatic carboxylic acids is 1. The van der Waals surface area contributed by atoms with Gasteiger partial charge in [-0.1, -0.05) is 62.4 Å². The van der Waals surface area contributed by atoms with Gasteiger partial charge in [-0.15, -0.1) is 0 Å². The first-order chi connectivity index (χ1) is 15.2. The Labute approximate surface area is 186 Å². The SMILES string of the molecule is CC(C)[C@H](NC(=O)OCC1c2ccccc2-c2ccccc21)C(=O)NC(C)(CO)C(=O)O. The van der Waals surface area contributed by atoms with Gasteiger partial charge < -0.3 is 25.6 Å². The molecule has 32 heavy (non-hydrogen) atoms. The summed E-state index contributed by atoms with van der Waals surface area (Å²) in [6.45, 7) is 3.92. The van der Waals surface area contributed by atoms with E-state index in [0.717, 1.165) is 22.3 Å². The van der Waals surface area contributed by atoms with Crippen molar-refractivity contribution in [1.29, 1.82) is 0 Å². The number of carbonyl (C=O) groups is 3. The van der Waals surface area contributed by atoms with Crippen LogP contribution in [0.25, 0.3) is 11.1 Å². The molecule has 1 aliphatic rings. The number of aliphatic hydroxyl groups excluding tert-OH is 1. The van der Waals surface area contributed by atoms with Gasteiger partial charge in [0.15, 0.2) is 5.54 Å². The van der Waals surface area contributed by atoms with E-state index in [4.69, 9.17) is 4.74 Å². The van der Waals surface area contributed by atoms with Gasteiger partial charge in [0.1, 0.15) is 12.6 Å². The third kappa shape index (κ3) is 4.60. The smallest absolute Gasteiger partial charge is 0.407 e. The number of carboxylic acid groups (broad SMARTS) is 1. The number of ether oxygens (including phenoxy) is 1. The van der Waals surface area contributed by atoms with Crippen molar-refractivity contribution < 1.29 is 29.3 Å². The topological polar surface area (TPSA) is 125 Å². The van der Waals surface area contributed by atoms with E-state index in [0.29, 0.717) is 0 Å². The van der Waals surface area contributed by atoms with E-state index >= 15 is 0 Å². The molecule has 2 amide bonds. The second-order valence-electron chi connectivity index (χ2n) is 8.48. The Hall–Kier alpha value is -3.39. The summed E-state index contributed by atoms with van der Waals surface area (Å²) in [6, 6.07) is 14.9. The van der Waals surface area contributed by atoms with Crippen molar-refractivity contribution in [2.24, 2.45) is 5.92 Å². The van der Waals surface area contributed by atoms with Crippen LogP contribution in [-0.4, -0.2) is 53.0 Å². The highest BCUT2D eigenvalue weighted by molar-refractivity contribution is 5.91. The third-order valence-electron chi connectivity index (χ3n) is 5.75. The fourth-order valence-electron chi connectivity index (χ4n) is 3.81. The lowest BCUT2D eigenvalue weighted by molar-refractivity contribution is -0.149. The van der Waals surface area contributed by atoms with Gasteiger partial charge in [-0.2, -0.15) is 0 Å². The second-order valence-corrected chi connectivity index (χ2v) is 8.48. The van der Waals surface area contributed by atoms with Gasteiger partial charge in [-0.05, 0) is 35.1 Å². The molecule has 0 radical (unpaired) electrons. The minimum atomic E-state index is -1.85. The zero-order valence-corrected chi connectivity index (χ0v) is 18.3. The van der Waals surface area contributed by atoms with Crippen molar-refractivity contribution in [3.05, 3.63) is 59.7 Å². The first-order valence-electron chi connectivity index (χ1n) is 10.5. The summed E-state index contributed by atoms with van der Waals surface area (Å²) in [4.78, 5) is 36.5. The van der Waals surface area contributed by atoms with Crippen molar-refractivity contribution in [1.82, 2.24) is 10.6 Å². The molecule has 2 atom stereocenters. The Morgan fingerprint density at radius 1 is 1.03 bits per heavy atom. The summed E-state index contributed by atoms with van der Waals surface area (Å²) in [5.41, 5.74) is 2.49. The van der Waals surface area contributed by atoms with E-state index in [2.05, 4.69) is 10.6 Å². The molecule has 0 fully saturated rings. The molecular formula is C24H28N2O6. The number of alkyl carbamates (subject to hydrolysis) is 1. The standard InChI is InChI=1S/C24H28N2O6/c1-14(2)20(21(28)26-24(3,13-27)22(29)30)25-23(31)32-12-19-17-10-6-4-8-15(17)16-9-5-7-11-18(16)19/h4-11,14,19-20,27H,12-13H2,1-3H3,(H,25,31)(H,26,28)(H,29,30)/t20-,24?/m0/s1. The molecule has 0 saturated carbocycles. The fourth-order valence-corrected chi connectivity index (χ4v) is 3.81. The molecule has 0 saturated heterocycles. The van der Waals surface area contributed by atoms with E-state index in [1.807, 2.05) is 48.5 Å². The number of rotatable bonds is 8. The number of hydrogen-bond donors (Lipinski definition) is 4. The van der Waals surface area contributed by atoms with Crippen LogP contribution in [0.5, 0.6) is 0 Å². The zero-order chi connectivity index (χ0) is 23.5. The summed E-state index contributed by atoms with van der Waals surface area (Å²) in [7, 11) is 0. The predicted molar refractivity (Wildman–Crippen MR) is 118 cm³/mol. The highest BCUT2D eigenvalue weighted by atomic mass is 16.5. The first-order valence-corrected chi connectivity index (χ1v) is 10.5. The number of benzene rings is 2. The van der Waals surface area contributed by atoms with Crippen LogP contribution in [0.15, 0.2) is 48.5 Å². The predicted octanol–water partition coefficient (Wildman–Crippen LogP) is 2.50. The van der Waals surface area contributed by atoms with E-state index in [1.165, 1.54) is 6.92 Å². The summed E-state index contributed by atoms with van der Waals surface area (Å²) in [5.74, 6) is -2.55. The van der Waals surface area contributed by atoms with Crippen LogP contribution in [0.3, 0.4) is 0 Å². The second kappa shape index (κ2) is 9.40. The lowest BCUT2D eigenvalue weighted by Gasteiger charge is -2.28. The van der Waals surface area contributed by atoms with E-state index in [9.17, 15) is 24.6 Å². The van der Waals surface area contributed by atoms with Crippen LogP contribution < -0.4 is 10.6 Å². The van der Waals surface area contributed by atoms with Gasteiger partial charge in [0.05, 0.1) is 6.61 Å². The van der Waals surface area contributed by atoms with Gasteiger partial charge in [-0.3, -0.25) is 4.79 Å². The van der Waals surface area contributed by atoms with Gasteiger partial charge >= 0.3 is 12.1 Å². The molecule has 8 heteroatoms. The minimum absolute atomic E-state index is 0.0930. The Morgan fingerprint density at radius 3 is 2.03 bits per heavy atom. The maximum atomic E-state index is 12.6. The van der Waals surface area contributed by atoms with E-state index < -0.39 is 36.2 Å². The number of aliphatic hydroxyl groups is 1. The van der Waals surface area contributed by atoms with Crippen molar-refractivity contribution in [3.8, 4) is 11.1 Å². The fraction of sp³-hybridized carbons (Fsp3) is 0.375. The Kier molecular flexibility index (Phi) is 6.84. The van der Waals surface area contributed by atoms with Crippen LogP contribution >= 0.6 is 0 Å². The number of carbonyl (C=O) groups excluding carboxylic acids is 2. The number of hydrogen-bond acceptors (Lipinski definition) is 5. The summed E-state index contributed by atoms with van der Waals surface area (Å²) in [6.07, 6.45) is -0.776. The number of amides is 2. The van der Waals surface area contributed by atoms with Crippen LogP contribution in [0.2, 0.25) is 0 Å². The molecule has 2 aromatic carbocycles. The number of carboxylic acids is 1. The van der Waals surface area contributed by atoms with Crippen LogP contribution in [-0.2, 0) is 14.3 Å². The maximum absolute atomic E-state index is 12.6. The van der Waals surface area contributed by atoms with Crippen LogP contribution in [0.4, 0.5) is 4.79 Å². The average Bonchev–Trinajstić information content (AvgIpc) is 3.09. The van der Waals surface area contributed by atoms with Crippen LogP contribution in [0, 0.1) is 5.92 Å². The van der Waals surface area contributed by atoms with Gasteiger partial charge in [0, 0.05) is 5.92 Å². The Balaban J connectivity index is 1.68. The lowest BCUT2D eigenvalue weighted by atomic mass is 9.98. The number of fused-ring (bicyclic) bond motifs is 3. The highest BCUT2D eigenvalue weighted by Gasteiger charge is 2.37. The Morgan fingerprint density at radius 2 is 1.56 bits per heavy atom. The minimum Gasteiger partial charge on any atom is -0.479 e. The first kappa shape index (κ1) is 23.3. The summed E-state index contributed by atoms with van der Waals surface area (Å²) >= 11 is 0. The monoisotopic (exact) mass is 440 g/mol. The zero-order valence-electron chi connectivity index (χ0n) is 18.3. The van der Waals surface area contributed by atoms with Crippen molar-refractivity contribution in [2.75, 3.05) is 13.2 Å². The molecule has 3 rings (SSSR count). The molecule has 0 bridgehead atoms. The molecule has 1 unspecified atom stereocenters. The average molecular weight is 440 g/mol. The quantitative estimate of drug-likeness (QED) is 0.500. The lowest BCUT2D eigenvalue weighted by Crippen LogP contribution is -2.60. The molecule has 0 spiro atoms. The third-order valence-corrected chi connectivity index (χ3v) is 5.75. The Bertz CT molecular complexity index is 976. The highest BCUT2D eigenvalue weighted by Crippen LogP contribution is 2.44. The van der Waals surface area contributed by atoms with Crippen molar-refractivity contribution in [2.45, 2.75) is 38.3 Å². The summed E-state index contributed by atoms with van der Waals surface area (Å²) in [5, 5.41) is 23.4. The number of nitrogens with one attached hydrogen (secondary N) is 2. The van der Waals surface area contributed by atoms with Crippen LogP contribution in [0.1, 0.15) is 37.8 Å². The molecule has 170 valence electrons. The van der Waals surface area contributed by atoms with Crippen molar-refractivity contribution in [3.63, 3.8) is 0 Å². The molecule has 8 nitrogen and oxygen atoms in total. The van der Waals surface area contributed by atoms with Gasteiger partial charge in [-0.25, -0.2) is 9.59 Å². The molecule has 0 aliphatic heterocycles. The summed E-state index contributed by atoms with van der Waals surface area (Å²) < 4.78 is 5.48. The molecule has 2 aromatic rings. The maximum Gasteiger partial charge on any atom is 0.407 e. The normalized spacial score (nSPS) is 15.3. The molecule has 4 N–H and O–H groups in total.